The minimum absolute atomic E-state index is 0.0264. The molecule has 6 heteroatoms. The van der Waals surface area contributed by atoms with Crippen molar-refractivity contribution in [1.82, 2.24) is 0 Å². The first-order valence-corrected chi connectivity index (χ1v) is 9.81. The quantitative estimate of drug-likeness (QED) is 0.798. The summed E-state index contributed by atoms with van der Waals surface area (Å²) in [6, 6.07) is 13.7. The monoisotopic (exact) mass is 388 g/mol. The van der Waals surface area contributed by atoms with Crippen LogP contribution in [0.5, 0.6) is 5.75 Å². The van der Waals surface area contributed by atoms with Gasteiger partial charge in [0.1, 0.15) is 5.75 Å². The van der Waals surface area contributed by atoms with Crippen molar-refractivity contribution in [3.8, 4) is 5.75 Å². The molecule has 0 aliphatic carbocycles. The van der Waals surface area contributed by atoms with Gasteiger partial charge in [-0.25, -0.2) is 0 Å². The summed E-state index contributed by atoms with van der Waals surface area (Å²) in [5.41, 5.74) is 2.94. The summed E-state index contributed by atoms with van der Waals surface area (Å²) in [6.45, 7) is 8.74. The lowest BCUT2D eigenvalue weighted by atomic mass is 10.2. The fraction of sp³-hybridized carbons (Fsp3) is 0.381. The van der Waals surface area contributed by atoms with Gasteiger partial charge in [-0.3, -0.25) is 4.79 Å². The first-order chi connectivity index (χ1) is 13.1. The molecule has 1 saturated heterocycles. The van der Waals surface area contributed by atoms with E-state index >= 15 is 0 Å². The Balaban J connectivity index is 1.54. The molecule has 2 aromatic carbocycles. The number of hydrogen-bond donors (Lipinski definition) is 2. The number of anilines is 2. The van der Waals surface area contributed by atoms with Crippen molar-refractivity contribution in [3.05, 3.63) is 53.1 Å². The van der Waals surface area contributed by atoms with E-state index < -0.39 is 0 Å². The summed E-state index contributed by atoms with van der Waals surface area (Å²) in [4.78, 5) is 16.1. The van der Waals surface area contributed by atoms with Gasteiger partial charge in [0.25, 0.3) is 5.91 Å². The Hall–Kier alpha value is -2.24. The second-order valence-electron chi connectivity index (χ2n) is 6.82. The third-order valence-electron chi connectivity index (χ3n) is 4.86. The molecule has 0 radical (unpaired) electrons. The van der Waals surface area contributed by atoms with Crippen molar-refractivity contribution < 1.29 is 14.4 Å². The number of nitrogens with zero attached hydrogens (tertiary/aromatic N) is 1. The molecule has 0 spiro atoms. The third-order valence-corrected chi connectivity index (χ3v) is 5.10. The van der Waals surface area contributed by atoms with E-state index in [0.29, 0.717) is 18.2 Å². The number of amides is 1. The number of ether oxygens (including phenoxy) is 1. The van der Waals surface area contributed by atoms with Gasteiger partial charge in [-0.1, -0.05) is 29.8 Å². The molecular formula is C21H27ClN3O2+. The molecule has 1 fully saturated rings. The number of nitrogens with one attached hydrogen (secondary N) is 2. The van der Waals surface area contributed by atoms with Gasteiger partial charge in [-0.15, -0.1) is 0 Å². The molecule has 0 saturated carbocycles. The molecular weight excluding hydrogens is 362 g/mol. The van der Waals surface area contributed by atoms with E-state index in [0.717, 1.165) is 48.9 Å². The molecule has 2 aromatic rings. The van der Waals surface area contributed by atoms with E-state index in [1.54, 1.807) is 6.07 Å². The SMILES string of the molecule is CCOc1ccccc1N1CC[NH+](CC(=O)Nc2cc(Cl)ccc2C)CC1. The van der Waals surface area contributed by atoms with E-state index in [2.05, 4.69) is 16.3 Å². The van der Waals surface area contributed by atoms with E-state index in [4.69, 9.17) is 16.3 Å². The average Bonchev–Trinajstić information content (AvgIpc) is 2.66. The summed E-state index contributed by atoms with van der Waals surface area (Å²) < 4.78 is 5.75. The summed E-state index contributed by atoms with van der Waals surface area (Å²) in [5, 5.41) is 3.62. The predicted octanol–water partition coefficient (Wildman–Crippen LogP) is 2.39. The van der Waals surface area contributed by atoms with E-state index in [1.807, 2.05) is 44.2 Å². The number of benzene rings is 2. The molecule has 0 aromatic heterocycles. The van der Waals surface area contributed by atoms with E-state index in [1.165, 1.54) is 4.90 Å². The standard InChI is InChI=1S/C21H26ClN3O2/c1-3-27-20-7-5-4-6-19(20)25-12-10-24(11-13-25)15-21(26)23-18-14-17(22)9-8-16(18)2/h4-9,14H,3,10-13,15H2,1-2H3,(H,23,26)/p+1. The Morgan fingerprint density at radius 2 is 1.96 bits per heavy atom. The Kier molecular flexibility index (Phi) is 6.58. The van der Waals surface area contributed by atoms with Gasteiger partial charge < -0.3 is 19.9 Å². The molecule has 27 heavy (non-hydrogen) atoms. The molecule has 1 heterocycles. The van der Waals surface area contributed by atoms with Crippen LogP contribution in [0.25, 0.3) is 0 Å². The lowest BCUT2D eigenvalue weighted by molar-refractivity contribution is -0.892. The fourth-order valence-electron chi connectivity index (χ4n) is 3.39. The number of hydrogen-bond acceptors (Lipinski definition) is 3. The number of para-hydroxylation sites is 2. The number of carbonyl (C=O) groups excluding carboxylic acids is 1. The highest BCUT2D eigenvalue weighted by Gasteiger charge is 2.24. The maximum absolute atomic E-state index is 12.4. The molecule has 1 aliphatic heterocycles. The molecule has 2 N–H and O–H groups in total. The normalized spacial score (nSPS) is 14.9. The Labute approximate surface area is 165 Å². The van der Waals surface area contributed by atoms with Crippen LogP contribution in [0.3, 0.4) is 0 Å². The number of halogens is 1. The molecule has 1 amide bonds. The summed E-state index contributed by atoms with van der Waals surface area (Å²) in [6.07, 6.45) is 0. The van der Waals surface area contributed by atoms with Gasteiger partial charge in [-0.05, 0) is 43.7 Å². The van der Waals surface area contributed by atoms with Gasteiger partial charge in [-0.2, -0.15) is 0 Å². The number of carbonyl (C=O) groups is 1. The third kappa shape index (κ3) is 5.15. The summed E-state index contributed by atoms with van der Waals surface area (Å²) >= 11 is 6.03. The van der Waals surface area contributed by atoms with Crippen molar-refractivity contribution in [1.29, 1.82) is 0 Å². The van der Waals surface area contributed by atoms with Crippen molar-refractivity contribution in [2.45, 2.75) is 13.8 Å². The van der Waals surface area contributed by atoms with Gasteiger partial charge in [0.15, 0.2) is 6.54 Å². The van der Waals surface area contributed by atoms with Gasteiger partial charge >= 0.3 is 0 Å². The number of piperazine rings is 1. The van der Waals surface area contributed by atoms with Crippen LogP contribution >= 0.6 is 11.6 Å². The van der Waals surface area contributed by atoms with E-state index in [-0.39, 0.29) is 5.91 Å². The zero-order valence-corrected chi connectivity index (χ0v) is 16.7. The fourth-order valence-corrected chi connectivity index (χ4v) is 3.56. The molecule has 3 rings (SSSR count). The number of aryl methyl sites for hydroxylation is 1. The van der Waals surface area contributed by atoms with Gasteiger partial charge in [0, 0.05) is 10.7 Å². The van der Waals surface area contributed by atoms with Crippen LogP contribution in [-0.2, 0) is 4.79 Å². The molecule has 144 valence electrons. The Morgan fingerprint density at radius 1 is 1.22 bits per heavy atom. The zero-order valence-electron chi connectivity index (χ0n) is 15.9. The van der Waals surface area contributed by atoms with E-state index in [9.17, 15) is 4.79 Å². The van der Waals surface area contributed by atoms with Crippen molar-refractivity contribution >= 4 is 28.9 Å². The van der Waals surface area contributed by atoms with Crippen LogP contribution in [0.1, 0.15) is 12.5 Å². The average molecular weight is 389 g/mol. The Morgan fingerprint density at radius 3 is 2.70 bits per heavy atom. The van der Waals surface area contributed by atoms with Gasteiger partial charge in [0.05, 0.1) is 38.5 Å². The minimum Gasteiger partial charge on any atom is -0.492 e. The smallest absolute Gasteiger partial charge is 0.279 e. The maximum atomic E-state index is 12.4. The highest BCUT2D eigenvalue weighted by Crippen LogP contribution is 2.27. The lowest BCUT2D eigenvalue weighted by Gasteiger charge is -2.34. The van der Waals surface area contributed by atoms with Crippen LogP contribution in [0.4, 0.5) is 11.4 Å². The van der Waals surface area contributed by atoms with Crippen molar-refractivity contribution in [2.75, 3.05) is 49.5 Å². The summed E-state index contributed by atoms with van der Waals surface area (Å²) in [7, 11) is 0. The second kappa shape index (κ2) is 9.11. The van der Waals surface area contributed by atoms with Crippen molar-refractivity contribution in [2.24, 2.45) is 0 Å². The predicted molar refractivity (Wildman–Crippen MR) is 110 cm³/mol. The lowest BCUT2D eigenvalue weighted by Crippen LogP contribution is -3.15. The highest BCUT2D eigenvalue weighted by atomic mass is 35.5. The molecule has 0 unspecified atom stereocenters. The summed E-state index contributed by atoms with van der Waals surface area (Å²) in [5.74, 6) is 0.955. The molecule has 5 nitrogen and oxygen atoms in total. The first-order valence-electron chi connectivity index (χ1n) is 9.43. The Bertz CT molecular complexity index is 789. The highest BCUT2D eigenvalue weighted by molar-refractivity contribution is 6.31. The van der Waals surface area contributed by atoms with Crippen LogP contribution in [0, 0.1) is 6.92 Å². The van der Waals surface area contributed by atoms with Crippen LogP contribution in [0.15, 0.2) is 42.5 Å². The van der Waals surface area contributed by atoms with Crippen LogP contribution in [0.2, 0.25) is 5.02 Å². The molecule has 0 atom stereocenters. The molecule has 0 bridgehead atoms. The van der Waals surface area contributed by atoms with Gasteiger partial charge in [0.2, 0.25) is 0 Å². The first kappa shape index (κ1) is 19.5. The number of quaternary nitrogens is 1. The molecule has 1 aliphatic rings. The minimum atomic E-state index is 0.0264. The number of rotatable bonds is 6. The topological polar surface area (TPSA) is 46.0 Å². The van der Waals surface area contributed by atoms with Crippen LogP contribution in [-0.4, -0.2) is 45.2 Å². The maximum Gasteiger partial charge on any atom is 0.279 e. The largest absolute Gasteiger partial charge is 0.492 e. The van der Waals surface area contributed by atoms with Crippen molar-refractivity contribution in [3.63, 3.8) is 0 Å². The second-order valence-corrected chi connectivity index (χ2v) is 7.26. The zero-order chi connectivity index (χ0) is 19.2. The van der Waals surface area contributed by atoms with Crippen LogP contribution < -0.4 is 19.9 Å².